The maximum atomic E-state index is 4.73. The lowest BCUT2D eigenvalue weighted by molar-refractivity contribution is 0.359. The van der Waals surface area contributed by atoms with E-state index in [-0.39, 0.29) is 0 Å². The average molecular weight is 280 g/mol. The largest absolute Gasteiger partial charge is 0.356 e. The van der Waals surface area contributed by atoms with Gasteiger partial charge >= 0.3 is 0 Å². The van der Waals surface area contributed by atoms with Crippen LogP contribution in [0.2, 0.25) is 0 Å². The van der Waals surface area contributed by atoms with Crippen molar-refractivity contribution in [1.29, 1.82) is 0 Å². The molecule has 0 saturated carbocycles. The third kappa shape index (κ3) is 6.28. The van der Waals surface area contributed by atoms with Gasteiger partial charge in [0.05, 0.1) is 6.54 Å². The van der Waals surface area contributed by atoms with Gasteiger partial charge in [-0.2, -0.15) is 0 Å². The molecule has 0 radical (unpaired) electrons. The standard InChI is InChI=1S/C18H36N2/c1-5-6-7-8-9-10-11-12-13-17(4)18-19-14-15-20(18)16(2)3/h16-17H,5-15H2,1-4H3. The summed E-state index contributed by atoms with van der Waals surface area (Å²) < 4.78 is 0. The first-order chi connectivity index (χ1) is 9.66. The minimum atomic E-state index is 0.609. The van der Waals surface area contributed by atoms with Gasteiger partial charge in [0.1, 0.15) is 5.84 Å². The van der Waals surface area contributed by atoms with Crippen molar-refractivity contribution in [3.63, 3.8) is 0 Å². The minimum absolute atomic E-state index is 0.609. The van der Waals surface area contributed by atoms with Crippen LogP contribution < -0.4 is 0 Å². The molecule has 1 heterocycles. The zero-order valence-electron chi connectivity index (χ0n) is 14.3. The van der Waals surface area contributed by atoms with E-state index in [9.17, 15) is 0 Å². The van der Waals surface area contributed by atoms with Crippen molar-refractivity contribution >= 4 is 5.84 Å². The van der Waals surface area contributed by atoms with Crippen LogP contribution in [0.25, 0.3) is 0 Å². The first-order valence-electron chi connectivity index (χ1n) is 8.97. The molecule has 1 unspecified atom stereocenters. The molecule has 0 bridgehead atoms. The summed E-state index contributed by atoms with van der Waals surface area (Å²) in [4.78, 5) is 7.23. The molecular weight excluding hydrogens is 244 g/mol. The second-order valence-corrected chi connectivity index (χ2v) is 6.69. The van der Waals surface area contributed by atoms with Crippen LogP contribution in [0.1, 0.15) is 85.5 Å². The molecule has 2 nitrogen and oxygen atoms in total. The summed E-state index contributed by atoms with van der Waals surface area (Å²) in [5.41, 5.74) is 0. The van der Waals surface area contributed by atoms with Crippen LogP contribution >= 0.6 is 0 Å². The number of rotatable bonds is 11. The molecule has 118 valence electrons. The first-order valence-corrected chi connectivity index (χ1v) is 8.97. The fourth-order valence-corrected chi connectivity index (χ4v) is 3.15. The van der Waals surface area contributed by atoms with E-state index in [2.05, 4.69) is 32.6 Å². The van der Waals surface area contributed by atoms with E-state index in [0.29, 0.717) is 12.0 Å². The second-order valence-electron chi connectivity index (χ2n) is 6.69. The molecule has 0 N–H and O–H groups in total. The summed E-state index contributed by atoms with van der Waals surface area (Å²) in [5, 5.41) is 0. The van der Waals surface area contributed by atoms with E-state index in [0.717, 1.165) is 13.1 Å². The minimum Gasteiger partial charge on any atom is -0.356 e. The van der Waals surface area contributed by atoms with Crippen molar-refractivity contribution in [2.75, 3.05) is 13.1 Å². The van der Waals surface area contributed by atoms with Gasteiger partial charge in [0.25, 0.3) is 0 Å². The molecule has 0 aromatic rings. The lowest BCUT2D eigenvalue weighted by Crippen LogP contribution is -2.37. The van der Waals surface area contributed by atoms with Crippen LogP contribution in [0, 0.1) is 5.92 Å². The van der Waals surface area contributed by atoms with Crippen molar-refractivity contribution in [2.24, 2.45) is 10.9 Å². The van der Waals surface area contributed by atoms with Crippen LogP contribution in [0.3, 0.4) is 0 Å². The lowest BCUT2D eigenvalue weighted by atomic mass is 9.99. The molecule has 0 aromatic carbocycles. The van der Waals surface area contributed by atoms with Gasteiger partial charge in [-0.3, -0.25) is 4.99 Å². The summed E-state index contributed by atoms with van der Waals surface area (Å²) in [7, 11) is 0. The number of unbranched alkanes of at least 4 members (excludes halogenated alkanes) is 7. The third-order valence-corrected chi connectivity index (χ3v) is 4.46. The molecule has 2 heteroatoms. The average Bonchev–Trinajstić information content (AvgIpc) is 2.91. The molecule has 0 fully saturated rings. The van der Waals surface area contributed by atoms with E-state index >= 15 is 0 Å². The van der Waals surface area contributed by atoms with Crippen LogP contribution in [-0.2, 0) is 0 Å². The molecule has 0 aliphatic carbocycles. The Morgan fingerprint density at radius 1 is 0.950 bits per heavy atom. The van der Waals surface area contributed by atoms with Crippen molar-refractivity contribution in [3.05, 3.63) is 0 Å². The Morgan fingerprint density at radius 2 is 1.55 bits per heavy atom. The number of hydrogen-bond acceptors (Lipinski definition) is 2. The summed E-state index contributed by atoms with van der Waals surface area (Å²) in [6, 6.07) is 0.609. The van der Waals surface area contributed by atoms with Crippen LogP contribution in [-0.4, -0.2) is 29.9 Å². The van der Waals surface area contributed by atoms with E-state index in [1.54, 1.807) is 0 Å². The van der Waals surface area contributed by atoms with E-state index in [4.69, 9.17) is 4.99 Å². The van der Waals surface area contributed by atoms with Gasteiger partial charge in [-0.25, -0.2) is 0 Å². The Balaban J connectivity index is 2.07. The number of hydrogen-bond donors (Lipinski definition) is 0. The molecule has 1 aliphatic heterocycles. The van der Waals surface area contributed by atoms with Crippen molar-refractivity contribution in [3.8, 4) is 0 Å². The highest BCUT2D eigenvalue weighted by molar-refractivity contribution is 5.86. The molecule has 20 heavy (non-hydrogen) atoms. The van der Waals surface area contributed by atoms with Gasteiger partial charge in [-0.05, 0) is 20.3 Å². The Bertz CT molecular complexity index is 271. The fraction of sp³-hybridized carbons (Fsp3) is 0.944. The lowest BCUT2D eigenvalue weighted by Gasteiger charge is -2.28. The van der Waals surface area contributed by atoms with Crippen molar-refractivity contribution in [1.82, 2.24) is 4.90 Å². The molecular formula is C18H36N2. The molecule has 0 spiro atoms. The first kappa shape index (κ1) is 17.5. The highest BCUT2D eigenvalue weighted by Gasteiger charge is 2.23. The Hall–Kier alpha value is -0.530. The van der Waals surface area contributed by atoms with E-state index in [1.165, 1.54) is 63.6 Å². The number of amidine groups is 1. The fourth-order valence-electron chi connectivity index (χ4n) is 3.15. The maximum absolute atomic E-state index is 4.73. The Labute approximate surface area is 127 Å². The maximum Gasteiger partial charge on any atom is 0.102 e. The topological polar surface area (TPSA) is 15.6 Å². The SMILES string of the molecule is CCCCCCCCCCC(C)C1=NCCN1C(C)C. The summed E-state index contributed by atoms with van der Waals surface area (Å²) in [6.45, 7) is 11.4. The molecule has 0 aromatic heterocycles. The molecule has 1 rings (SSSR count). The molecule has 1 aliphatic rings. The number of nitrogens with zero attached hydrogens (tertiary/aromatic N) is 2. The molecule has 0 amide bonds. The zero-order valence-corrected chi connectivity index (χ0v) is 14.3. The smallest absolute Gasteiger partial charge is 0.102 e. The quantitative estimate of drug-likeness (QED) is 0.470. The second kappa shape index (κ2) is 10.2. The summed E-state index contributed by atoms with van der Waals surface area (Å²) in [6.07, 6.45) is 12.6. The highest BCUT2D eigenvalue weighted by atomic mass is 15.3. The van der Waals surface area contributed by atoms with Gasteiger partial charge in [0, 0.05) is 18.5 Å². The predicted octanol–water partition coefficient (Wildman–Crippen LogP) is 5.28. The molecule has 1 atom stereocenters. The van der Waals surface area contributed by atoms with E-state index in [1.807, 2.05) is 0 Å². The van der Waals surface area contributed by atoms with Crippen LogP contribution in [0.4, 0.5) is 0 Å². The third-order valence-electron chi connectivity index (χ3n) is 4.46. The normalized spacial score (nSPS) is 16.9. The van der Waals surface area contributed by atoms with Crippen molar-refractivity contribution in [2.45, 2.75) is 91.5 Å². The Morgan fingerprint density at radius 3 is 2.15 bits per heavy atom. The van der Waals surface area contributed by atoms with Gasteiger partial charge in [0.15, 0.2) is 0 Å². The number of aliphatic imine (C=N–C) groups is 1. The summed E-state index contributed by atoms with van der Waals surface area (Å²) in [5.74, 6) is 2.03. The van der Waals surface area contributed by atoms with Gasteiger partial charge in [-0.1, -0.05) is 65.2 Å². The molecule has 0 saturated heterocycles. The van der Waals surface area contributed by atoms with Gasteiger partial charge in [0.2, 0.25) is 0 Å². The van der Waals surface area contributed by atoms with Gasteiger partial charge < -0.3 is 4.90 Å². The zero-order chi connectivity index (χ0) is 14.8. The Kier molecular flexibility index (Phi) is 8.97. The highest BCUT2D eigenvalue weighted by Crippen LogP contribution is 2.19. The van der Waals surface area contributed by atoms with Crippen molar-refractivity contribution < 1.29 is 0 Å². The van der Waals surface area contributed by atoms with Crippen LogP contribution in [0.15, 0.2) is 4.99 Å². The van der Waals surface area contributed by atoms with Crippen LogP contribution in [0.5, 0.6) is 0 Å². The predicted molar refractivity (Wildman–Crippen MR) is 90.5 cm³/mol. The monoisotopic (exact) mass is 280 g/mol. The van der Waals surface area contributed by atoms with E-state index < -0.39 is 0 Å². The van der Waals surface area contributed by atoms with Gasteiger partial charge in [-0.15, -0.1) is 0 Å². The summed E-state index contributed by atoms with van der Waals surface area (Å²) >= 11 is 0.